The van der Waals surface area contributed by atoms with E-state index in [1.165, 1.54) is 0 Å². The molecule has 0 aliphatic rings. The Labute approximate surface area is 132 Å². The van der Waals surface area contributed by atoms with Gasteiger partial charge in [0.2, 0.25) is 0 Å². The third kappa shape index (κ3) is 3.40. The van der Waals surface area contributed by atoms with Crippen LogP contribution in [0.25, 0.3) is 11.1 Å². The van der Waals surface area contributed by atoms with E-state index < -0.39 is 0 Å². The van der Waals surface area contributed by atoms with Crippen molar-refractivity contribution in [1.82, 2.24) is 0 Å². The summed E-state index contributed by atoms with van der Waals surface area (Å²) in [5.41, 5.74) is 5.16. The van der Waals surface area contributed by atoms with Gasteiger partial charge < -0.3 is 10.2 Å². The highest BCUT2D eigenvalue weighted by Gasteiger charge is 2.18. The molecular weight excluding hydrogens is 272 g/mol. The van der Waals surface area contributed by atoms with Gasteiger partial charge in [-0.15, -0.1) is 0 Å². The zero-order valence-electron chi connectivity index (χ0n) is 13.2. The summed E-state index contributed by atoms with van der Waals surface area (Å²) in [6.07, 6.45) is 1.20. The molecule has 2 aromatic carbocycles. The molecule has 0 unspecified atom stereocenters. The summed E-state index contributed by atoms with van der Waals surface area (Å²) in [6.45, 7) is 11.7. The molecule has 0 radical (unpaired) electrons. The maximum absolute atomic E-state index is 10.5. The topological polar surface area (TPSA) is 40.5 Å². The number of hydrogen-bond acceptors (Lipinski definition) is 2. The standard InChI is InChI=1S/C20H22O2/c1-13(2)10-16-12-18(15-8-6-5-7-9-15)20(22)19(21)17(16)11-14(3)4/h5-9,12,21-22H,1,3,10-11H2,2,4H3. The Bertz CT molecular complexity index is 712. The van der Waals surface area contributed by atoms with E-state index in [9.17, 15) is 10.2 Å². The molecule has 0 aromatic heterocycles. The second kappa shape index (κ2) is 6.52. The molecule has 0 bridgehead atoms. The second-order valence-corrected chi connectivity index (χ2v) is 5.89. The van der Waals surface area contributed by atoms with E-state index in [1.807, 2.05) is 50.2 Å². The number of allylic oxidation sites excluding steroid dienone is 2. The number of phenols is 2. The molecule has 2 rings (SSSR count). The van der Waals surface area contributed by atoms with Crippen molar-refractivity contribution in [3.63, 3.8) is 0 Å². The zero-order valence-corrected chi connectivity index (χ0v) is 13.2. The predicted molar refractivity (Wildman–Crippen MR) is 92.2 cm³/mol. The summed E-state index contributed by atoms with van der Waals surface area (Å²) < 4.78 is 0. The van der Waals surface area contributed by atoms with E-state index in [4.69, 9.17) is 0 Å². The minimum absolute atomic E-state index is 0.0550. The molecule has 2 nitrogen and oxygen atoms in total. The summed E-state index contributed by atoms with van der Waals surface area (Å²) in [6, 6.07) is 11.5. The largest absolute Gasteiger partial charge is 0.504 e. The summed E-state index contributed by atoms with van der Waals surface area (Å²) in [7, 11) is 0. The molecule has 0 spiro atoms. The van der Waals surface area contributed by atoms with Crippen molar-refractivity contribution in [1.29, 1.82) is 0 Å². The van der Waals surface area contributed by atoms with Crippen molar-refractivity contribution in [2.45, 2.75) is 26.7 Å². The van der Waals surface area contributed by atoms with Crippen LogP contribution in [-0.2, 0) is 12.8 Å². The summed E-state index contributed by atoms with van der Waals surface area (Å²) in [4.78, 5) is 0. The van der Waals surface area contributed by atoms with Gasteiger partial charge in [0.05, 0.1) is 0 Å². The lowest BCUT2D eigenvalue weighted by atomic mass is 9.91. The Morgan fingerprint density at radius 3 is 2.05 bits per heavy atom. The van der Waals surface area contributed by atoms with Gasteiger partial charge in [-0.3, -0.25) is 0 Å². The fourth-order valence-electron chi connectivity index (χ4n) is 2.57. The molecule has 114 valence electrons. The number of hydrogen-bond donors (Lipinski definition) is 2. The first-order valence-electron chi connectivity index (χ1n) is 7.31. The van der Waals surface area contributed by atoms with Gasteiger partial charge in [0.15, 0.2) is 11.5 Å². The van der Waals surface area contributed by atoms with Gasteiger partial charge in [-0.05, 0) is 43.9 Å². The highest BCUT2D eigenvalue weighted by Crippen LogP contribution is 2.42. The van der Waals surface area contributed by atoms with Crippen LogP contribution in [0.5, 0.6) is 11.5 Å². The molecule has 22 heavy (non-hydrogen) atoms. The van der Waals surface area contributed by atoms with E-state index >= 15 is 0 Å². The molecule has 2 N–H and O–H groups in total. The minimum atomic E-state index is -0.0760. The van der Waals surface area contributed by atoms with Crippen molar-refractivity contribution in [2.24, 2.45) is 0 Å². The van der Waals surface area contributed by atoms with E-state index in [0.717, 1.165) is 27.8 Å². The number of benzene rings is 2. The molecule has 0 aliphatic carbocycles. The van der Waals surface area contributed by atoms with Crippen molar-refractivity contribution >= 4 is 0 Å². The van der Waals surface area contributed by atoms with Crippen LogP contribution in [-0.4, -0.2) is 10.2 Å². The van der Waals surface area contributed by atoms with Crippen molar-refractivity contribution in [2.75, 3.05) is 0 Å². The second-order valence-electron chi connectivity index (χ2n) is 5.89. The van der Waals surface area contributed by atoms with Crippen LogP contribution < -0.4 is 0 Å². The summed E-state index contributed by atoms with van der Waals surface area (Å²) in [5.74, 6) is -0.131. The first kappa shape index (κ1) is 15.9. The van der Waals surface area contributed by atoms with Crippen LogP contribution >= 0.6 is 0 Å². The lowest BCUT2D eigenvalue weighted by Crippen LogP contribution is -1.99. The third-order valence-electron chi connectivity index (χ3n) is 3.53. The molecule has 0 heterocycles. The Kier molecular flexibility index (Phi) is 4.71. The predicted octanol–water partition coefficient (Wildman–Crippen LogP) is 5.00. The van der Waals surface area contributed by atoms with Gasteiger partial charge in [0.25, 0.3) is 0 Å². The van der Waals surface area contributed by atoms with Gasteiger partial charge in [0, 0.05) is 11.1 Å². The van der Waals surface area contributed by atoms with Crippen LogP contribution in [0.1, 0.15) is 25.0 Å². The van der Waals surface area contributed by atoms with Gasteiger partial charge >= 0.3 is 0 Å². The quantitative estimate of drug-likeness (QED) is 0.601. The molecule has 2 aromatic rings. The Balaban J connectivity index is 2.65. The molecule has 0 amide bonds. The Morgan fingerprint density at radius 2 is 1.50 bits per heavy atom. The number of phenolic OH excluding ortho intramolecular Hbond substituents is 2. The van der Waals surface area contributed by atoms with Crippen molar-refractivity contribution in [3.8, 4) is 22.6 Å². The zero-order chi connectivity index (χ0) is 16.3. The lowest BCUT2D eigenvalue weighted by molar-refractivity contribution is 0.401. The monoisotopic (exact) mass is 294 g/mol. The van der Waals surface area contributed by atoms with E-state index in [0.29, 0.717) is 18.4 Å². The summed E-state index contributed by atoms with van der Waals surface area (Å²) in [5, 5.41) is 20.9. The van der Waals surface area contributed by atoms with Gasteiger partial charge in [-0.25, -0.2) is 0 Å². The van der Waals surface area contributed by atoms with Crippen LogP contribution in [0, 0.1) is 0 Å². The Morgan fingerprint density at radius 1 is 0.909 bits per heavy atom. The van der Waals surface area contributed by atoms with Crippen LogP contribution in [0.4, 0.5) is 0 Å². The van der Waals surface area contributed by atoms with Gasteiger partial charge in [-0.1, -0.05) is 54.6 Å². The van der Waals surface area contributed by atoms with Crippen LogP contribution in [0.3, 0.4) is 0 Å². The smallest absolute Gasteiger partial charge is 0.165 e. The minimum Gasteiger partial charge on any atom is -0.504 e. The van der Waals surface area contributed by atoms with E-state index in [-0.39, 0.29) is 11.5 Å². The summed E-state index contributed by atoms with van der Waals surface area (Å²) >= 11 is 0. The normalized spacial score (nSPS) is 10.5. The molecule has 0 fully saturated rings. The maximum Gasteiger partial charge on any atom is 0.165 e. The average Bonchev–Trinajstić information content (AvgIpc) is 2.47. The number of rotatable bonds is 5. The van der Waals surface area contributed by atoms with Crippen LogP contribution in [0.2, 0.25) is 0 Å². The average molecular weight is 294 g/mol. The van der Waals surface area contributed by atoms with Gasteiger partial charge in [0.1, 0.15) is 0 Å². The molecule has 0 aliphatic heterocycles. The van der Waals surface area contributed by atoms with E-state index in [1.54, 1.807) is 0 Å². The van der Waals surface area contributed by atoms with Crippen LogP contribution in [0.15, 0.2) is 60.7 Å². The lowest BCUT2D eigenvalue weighted by Gasteiger charge is -2.17. The Hall–Kier alpha value is -2.48. The third-order valence-corrected chi connectivity index (χ3v) is 3.53. The molecule has 0 saturated heterocycles. The van der Waals surface area contributed by atoms with Crippen molar-refractivity contribution in [3.05, 3.63) is 71.8 Å². The highest BCUT2D eigenvalue weighted by atomic mass is 16.3. The maximum atomic E-state index is 10.5. The molecular formula is C20H22O2. The number of aromatic hydroxyl groups is 2. The molecule has 0 saturated carbocycles. The molecule has 0 atom stereocenters. The molecule has 2 heteroatoms. The fourth-order valence-corrected chi connectivity index (χ4v) is 2.57. The highest BCUT2D eigenvalue weighted by molar-refractivity contribution is 5.76. The van der Waals surface area contributed by atoms with Gasteiger partial charge in [-0.2, -0.15) is 0 Å². The first-order valence-corrected chi connectivity index (χ1v) is 7.31. The first-order chi connectivity index (χ1) is 10.4. The fraction of sp³-hybridized carbons (Fsp3) is 0.200. The SMILES string of the molecule is C=C(C)Cc1cc(-c2ccccc2)c(O)c(O)c1CC(=C)C. The van der Waals surface area contributed by atoms with E-state index in [2.05, 4.69) is 13.2 Å². The van der Waals surface area contributed by atoms with Crippen molar-refractivity contribution < 1.29 is 10.2 Å².